The molecule has 136 valence electrons. The van der Waals surface area contributed by atoms with Crippen LogP contribution in [0.2, 0.25) is 0 Å². The van der Waals surface area contributed by atoms with Crippen LogP contribution in [0, 0.1) is 11.8 Å². The summed E-state index contributed by atoms with van der Waals surface area (Å²) in [4.78, 5) is 51.5. The predicted octanol–water partition coefficient (Wildman–Crippen LogP) is 0.00300. The van der Waals surface area contributed by atoms with E-state index < -0.39 is 12.0 Å². The van der Waals surface area contributed by atoms with Gasteiger partial charge >= 0.3 is 5.97 Å². The van der Waals surface area contributed by atoms with E-state index in [1.165, 1.54) is 16.7 Å². The number of likely N-dealkylation sites (tertiary alicyclic amines) is 1. The van der Waals surface area contributed by atoms with E-state index in [1.807, 2.05) is 0 Å². The Hall–Kier alpha value is -1.96. The number of aliphatic carboxylic acids is 1. The summed E-state index contributed by atoms with van der Waals surface area (Å²) in [7, 11) is 0. The third-order valence-electron chi connectivity index (χ3n) is 5.93. The number of fused-ring (bicyclic) bond motifs is 5. The van der Waals surface area contributed by atoms with Gasteiger partial charge in [0, 0.05) is 19.0 Å². The fourth-order valence-electron chi connectivity index (χ4n) is 4.54. The maximum Gasteiger partial charge on any atom is 0.326 e. The van der Waals surface area contributed by atoms with E-state index in [-0.39, 0.29) is 60.8 Å². The minimum atomic E-state index is -1.04. The molecule has 0 aromatic rings. The summed E-state index contributed by atoms with van der Waals surface area (Å²) in [6.45, 7) is 1.52. The Morgan fingerprint density at radius 2 is 1.72 bits per heavy atom. The average molecular weight is 350 g/mol. The maximum atomic E-state index is 12.6. The van der Waals surface area contributed by atoms with Gasteiger partial charge in [0.15, 0.2) is 0 Å². The van der Waals surface area contributed by atoms with Crippen LogP contribution in [0.3, 0.4) is 0 Å². The highest BCUT2D eigenvalue weighted by atomic mass is 16.5. The molecule has 4 rings (SSSR count). The van der Waals surface area contributed by atoms with Gasteiger partial charge in [-0.15, -0.1) is 0 Å². The number of hydrogen-bond acceptors (Lipinski definition) is 5. The highest BCUT2D eigenvalue weighted by Gasteiger charge is 2.62. The molecule has 4 fully saturated rings. The first-order valence-electron chi connectivity index (χ1n) is 8.94. The van der Waals surface area contributed by atoms with Gasteiger partial charge in [-0.25, -0.2) is 4.79 Å². The molecule has 0 spiro atoms. The van der Waals surface area contributed by atoms with Crippen LogP contribution < -0.4 is 0 Å². The van der Waals surface area contributed by atoms with Gasteiger partial charge in [-0.2, -0.15) is 0 Å². The molecule has 1 aliphatic carbocycles. The van der Waals surface area contributed by atoms with Crippen LogP contribution in [0.15, 0.2) is 0 Å². The number of carbonyl (C=O) groups excluding carboxylic acids is 3. The van der Waals surface area contributed by atoms with E-state index in [1.54, 1.807) is 0 Å². The number of ether oxygens (including phenoxy) is 1. The van der Waals surface area contributed by atoms with E-state index in [2.05, 4.69) is 0 Å². The number of amides is 3. The van der Waals surface area contributed by atoms with Gasteiger partial charge in [0.25, 0.3) is 0 Å². The summed E-state index contributed by atoms with van der Waals surface area (Å²) in [6.07, 6.45) is 2.86. The van der Waals surface area contributed by atoms with Gasteiger partial charge in [-0.3, -0.25) is 19.3 Å². The lowest BCUT2D eigenvalue weighted by Crippen LogP contribution is -2.46. The van der Waals surface area contributed by atoms with Gasteiger partial charge in [0.05, 0.1) is 24.0 Å². The Bertz CT molecular complexity index is 617. The van der Waals surface area contributed by atoms with Crippen molar-refractivity contribution in [1.82, 2.24) is 9.80 Å². The van der Waals surface area contributed by atoms with Crippen molar-refractivity contribution < 1.29 is 29.0 Å². The van der Waals surface area contributed by atoms with Crippen molar-refractivity contribution in [3.8, 4) is 0 Å². The molecule has 8 heteroatoms. The van der Waals surface area contributed by atoms with Crippen LogP contribution in [-0.4, -0.2) is 69.4 Å². The molecule has 25 heavy (non-hydrogen) atoms. The number of hydrogen-bond donors (Lipinski definition) is 1. The Morgan fingerprint density at radius 3 is 2.20 bits per heavy atom. The van der Waals surface area contributed by atoms with Gasteiger partial charge in [-0.1, -0.05) is 0 Å². The Labute approximate surface area is 145 Å². The first-order chi connectivity index (χ1) is 11.9. The summed E-state index contributed by atoms with van der Waals surface area (Å²) in [5.41, 5.74) is 0. The van der Waals surface area contributed by atoms with Gasteiger partial charge in [0.1, 0.15) is 6.04 Å². The zero-order valence-electron chi connectivity index (χ0n) is 14.1. The average Bonchev–Trinajstić information content (AvgIpc) is 3.09. The Kier molecular flexibility index (Phi) is 3.82. The summed E-state index contributed by atoms with van der Waals surface area (Å²) >= 11 is 0. The second-order valence-corrected chi connectivity index (χ2v) is 7.47. The van der Waals surface area contributed by atoms with E-state index >= 15 is 0 Å². The molecule has 5 atom stereocenters. The standard InChI is InChI=1S/C17H22N2O6/c1-8(17(23)24)19(9-2-3-9)12(20)6-7-18-15(21)13-10-4-5-11(25-10)14(13)16(18)22/h8-11,13-14H,2-7H2,1H3,(H,23,24). The molecule has 3 amide bonds. The highest BCUT2D eigenvalue weighted by Crippen LogP contribution is 2.48. The van der Waals surface area contributed by atoms with Crippen molar-refractivity contribution in [1.29, 1.82) is 0 Å². The fraction of sp³-hybridized carbons (Fsp3) is 0.765. The highest BCUT2D eigenvalue weighted by molar-refractivity contribution is 6.06. The largest absolute Gasteiger partial charge is 0.480 e. The van der Waals surface area contributed by atoms with Gasteiger partial charge < -0.3 is 14.7 Å². The summed E-state index contributed by atoms with van der Waals surface area (Å²) in [5, 5.41) is 9.19. The molecule has 0 radical (unpaired) electrons. The number of imide groups is 1. The number of carboxylic acids is 1. The predicted molar refractivity (Wildman–Crippen MR) is 83.2 cm³/mol. The summed E-state index contributed by atoms with van der Waals surface area (Å²) < 4.78 is 5.68. The van der Waals surface area contributed by atoms with E-state index in [0.717, 1.165) is 25.7 Å². The normalized spacial score (nSPS) is 34.4. The molecular weight excluding hydrogens is 328 g/mol. The summed E-state index contributed by atoms with van der Waals surface area (Å²) in [5.74, 6) is -2.61. The lowest BCUT2D eigenvalue weighted by atomic mass is 9.81. The van der Waals surface area contributed by atoms with Crippen molar-refractivity contribution in [2.24, 2.45) is 11.8 Å². The molecule has 0 aromatic carbocycles. The zero-order chi connectivity index (χ0) is 17.9. The number of rotatable bonds is 6. The molecule has 8 nitrogen and oxygen atoms in total. The molecule has 1 saturated carbocycles. The summed E-state index contributed by atoms with van der Waals surface area (Å²) in [6, 6.07) is -0.930. The first kappa shape index (κ1) is 16.5. The topological polar surface area (TPSA) is 104 Å². The van der Waals surface area contributed by atoms with Crippen LogP contribution in [0.25, 0.3) is 0 Å². The molecule has 2 bridgehead atoms. The minimum absolute atomic E-state index is 0.0263. The fourth-order valence-corrected chi connectivity index (χ4v) is 4.54. The monoisotopic (exact) mass is 350 g/mol. The quantitative estimate of drug-likeness (QED) is 0.677. The number of nitrogens with zero attached hydrogens (tertiary/aromatic N) is 2. The van der Waals surface area contributed by atoms with Crippen molar-refractivity contribution in [3.05, 3.63) is 0 Å². The molecule has 1 N–H and O–H groups in total. The van der Waals surface area contributed by atoms with E-state index in [0.29, 0.717) is 0 Å². The molecular formula is C17H22N2O6. The molecule has 3 saturated heterocycles. The number of carbonyl (C=O) groups is 4. The lowest BCUT2D eigenvalue weighted by Gasteiger charge is -2.27. The Morgan fingerprint density at radius 1 is 1.16 bits per heavy atom. The number of carboxylic acid groups (broad SMARTS) is 1. The SMILES string of the molecule is CC(C(=O)O)N(C(=O)CCN1C(=O)C2C3CCC(O3)C2C1=O)C1CC1. The lowest BCUT2D eigenvalue weighted by molar-refractivity contribution is -0.151. The molecule has 3 heterocycles. The molecule has 0 aromatic heterocycles. The van der Waals surface area contributed by atoms with Crippen molar-refractivity contribution in [3.63, 3.8) is 0 Å². The zero-order valence-corrected chi connectivity index (χ0v) is 14.1. The van der Waals surface area contributed by atoms with Crippen LogP contribution in [0.5, 0.6) is 0 Å². The van der Waals surface area contributed by atoms with Crippen LogP contribution >= 0.6 is 0 Å². The van der Waals surface area contributed by atoms with Crippen LogP contribution in [0.4, 0.5) is 0 Å². The first-order valence-corrected chi connectivity index (χ1v) is 8.94. The minimum Gasteiger partial charge on any atom is -0.480 e. The molecule has 5 unspecified atom stereocenters. The van der Waals surface area contributed by atoms with Gasteiger partial charge in [0.2, 0.25) is 17.7 Å². The van der Waals surface area contributed by atoms with Crippen LogP contribution in [0.1, 0.15) is 39.0 Å². The van der Waals surface area contributed by atoms with E-state index in [4.69, 9.17) is 4.74 Å². The second-order valence-electron chi connectivity index (χ2n) is 7.47. The van der Waals surface area contributed by atoms with Crippen molar-refractivity contribution in [2.45, 2.75) is 63.3 Å². The van der Waals surface area contributed by atoms with Gasteiger partial charge in [-0.05, 0) is 32.6 Å². The molecule has 3 aliphatic heterocycles. The smallest absolute Gasteiger partial charge is 0.326 e. The van der Waals surface area contributed by atoms with Crippen molar-refractivity contribution in [2.75, 3.05) is 6.54 Å². The Balaban J connectivity index is 1.41. The third kappa shape index (κ3) is 2.54. The maximum absolute atomic E-state index is 12.6. The second kappa shape index (κ2) is 5.79. The van der Waals surface area contributed by atoms with Crippen molar-refractivity contribution >= 4 is 23.7 Å². The third-order valence-corrected chi connectivity index (χ3v) is 5.93. The molecule has 4 aliphatic rings. The van der Waals surface area contributed by atoms with Crippen LogP contribution in [-0.2, 0) is 23.9 Å². The van der Waals surface area contributed by atoms with E-state index in [9.17, 15) is 24.3 Å².